The maximum Gasteiger partial charge on any atom is 0.185 e. The molecule has 2 aromatic rings. The van der Waals surface area contributed by atoms with Gasteiger partial charge in [0.25, 0.3) is 0 Å². The number of nitrogens with zero attached hydrogens (tertiary/aromatic N) is 1. The largest absolute Gasteiger partial charge is 0.508 e. The molecule has 4 rings (SSSR count). The van der Waals surface area contributed by atoms with E-state index in [-0.39, 0.29) is 5.78 Å². The molecule has 0 atom stereocenters. The molecule has 0 spiro atoms. The van der Waals surface area contributed by atoms with Gasteiger partial charge in [-0.2, -0.15) is 0 Å². The van der Waals surface area contributed by atoms with Gasteiger partial charge in [0.15, 0.2) is 5.78 Å². The number of carbonyl (C=O) groups is 1. The zero-order valence-corrected chi connectivity index (χ0v) is 17.9. The van der Waals surface area contributed by atoms with Gasteiger partial charge in [-0.3, -0.25) is 9.69 Å². The van der Waals surface area contributed by atoms with E-state index >= 15 is 0 Å². The fraction of sp³-hybridized carbons (Fsp3) is 0.370. The Hall–Kier alpha value is -2.65. The number of carbonyl (C=O) groups excluding carboxylic acids is 1. The van der Waals surface area contributed by atoms with Crippen molar-refractivity contribution in [3.63, 3.8) is 0 Å². The molecule has 1 N–H and O–H groups in total. The smallest absolute Gasteiger partial charge is 0.185 e. The number of hydrogen-bond acceptors (Lipinski definition) is 3. The summed E-state index contributed by atoms with van der Waals surface area (Å²) in [6.07, 6.45) is 10.5. The van der Waals surface area contributed by atoms with Crippen molar-refractivity contribution >= 4 is 17.9 Å². The minimum atomic E-state index is 0.160. The third-order valence-electron chi connectivity index (χ3n) is 6.18. The van der Waals surface area contributed by atoms with Crippen molar-refractivity contribution in [3.05, 3.63) is 75.9 Å². The van der Waals surface area contributed by atoms with Crippen LogP contribution >= 0.6 is 0 Å². The first-order valence-electron chi connectivity index (χ1n) is 11.2. The second kappa shape index (κ2) is 9.44. The van der Waals surface area contributed by atoms with E-state index < -0.39 is 0 Å². The zero-order chi connectivity index (χ0) is 20.9. The summed E-state index contributed by atoms with van der Waals surface area (Å²) in [5.74, 6) is 0.505. The Bertz CT molecular complexity index is 963. The molecule has 0 unspecified atom stereocenters. The lowest BCUT2D eigenvalue weighted by Gasteiger charge is -2.26. The van der Waals surface area contributed by atoms with Crippen LogP contribution < -0.4 is 0 Å². The van der Waals surface area contributed by atoms with Crippen LogP contribution in [0.1, 0.15) is 60.8 Å². The highest BCUT2D eigenvalue weighted by Gasteiger charge is 2.21. The second-order valence-corrected chi connectivity index (χ2v) is 8.66. The maximum absolute atomic E-state index is 13.1. The lowest BCUT2D eigenvalue weighted by atomic mass is 9.86. The molecule has 2 aliphatic rings. The number of likely N-dealkylation sites (tertiary alicyclic amines) is 1. The topological polar surface area (TPSA) is 40.5 Å². The summed E-state index contributed by atoms with van der Waals surface area (Å²) in [4.78, 5) is 15.5. The summed E-state index contributed by atoms with van der Waals surface area (Å²) in [6, 6.07) is 14.0. The number of hydrogen-bond donors (Lipinski definition) is 1. The molecule has 156 valence electrons. The van der Waals surface area contributed by atoms with Crippen molar-refractivity contribution < 1.29 is 9.90 Å². The van der Waals surface area contributed by atoms with Crippen LogP contribution in [0.4, 0.5) is 0 Å². The highest BCUT2D eigenvalue weighted by molar-refractivity contribution is 6.13. The van der Waals surface area contributed by atoms with Gasteiger partial charge in [-0.1, -0.05) is 42.3 Å². The highest BCUT2D eigenvalue weighted by Crippen LogP contribution is 2.29. The standard InChI is InChI=1S/C27H31NO2/c1-20-8-10-21(11-9-20)16-23-6-5-7-24(27(23)30)17-22-12-13-26(29)25(18-22)19-28-14-3-2-4-15-28/h8-13,16-18,29H,2-7,14-15,19H2,1H3/b23-16-,24-17+. The number of aromatic hydroxyl groups is 1. The first kappa shape index (κ1) is 20.6. The molecule has 0 aromatic heterocycles. The van der Waals surface area contributed by atoms with Crippen molar-refractivity contribution in [2.75, 3.05) is 13.1 Å². The first-order chi connectivity index (χ1) is 14.6. The maximum atomic E-state index is 13.1. The Morgan fingerprint density at radius 2 is 1.50 bits per heavy atom. The van der Waals surface area contributed by atoms with Gasteiger partial charge in [-0.05, 0) is 87.5 Å². The van der Waals surface area contributed by atoms with Gasteiger partial charge in [-0.15, -0.1) is 0 Å². The summed E-state index contributed by atoms with van der Waals surface area (Å²) < 4.78 is 0. The summed E-state index contributed by atoms with van der Waals surface area (Å²) in [5, 5.41) is 10.3. The lowest BCUT2D eigenvalue weighted by molar-refractivity contribution is -0.112. The highest BCUT2D eigenvalue weighted by atomic mass is 16.3. The van der Waals surface area contributed by atoms with Crippen molar-refractivity contribution in [3.8, 4) is 5.75 Å². The Labute approximate surface area is 179 Å². The van der Waals surface area contributed by atoms with Crippen LogP contribution in [0.5, 0.6) is 5.75 Å². The van der Waals surface area contributed by atoms with E-state index in [0.29, 0.717) is 5.75 Å². The lowest BCUT2D eigenvalue weighted by Crippen LogP contribution is -2.29. The summed E-state index contributed by atoms with van der Waals surface area (Å²) in [5.41, 5.74) is 6.02. The van der Waals surface area contributed by atoms with Crippen LogP contribution in [-0.2, 0) is 11.3 Å². The predicted octanol–water partition coefficient (Wildman–Crippen LogP) is 5.91. The molecule has 1 saturated heterocycles. The molecular formula is C27H31NO2. The average molecular weight is 402 g/mol. The van der Waals surface area contributed by atoms with Crippen LogP contribution in [0.3, 0.4) is 0 Å². The van der Waals surface area contributed by atoms with E-state index in [1.54, 1.807) is 6.07 Å². The minimum absolute atomic E-state index is 0.160. The zero-order valence-electron chi connectivity index (χ0n) is 17.9. The second-order valence-electron chi connectivity index (χ2n) is 8.66. The number of ketones is 1. The number of piperidine rings is 1. The summed E-state index contributed by atoms with van der Waals surface area (Å²) >= 11 is 0. The molecule has 1 aliphatic carbocycles. The molecular weight excluding hydrogens is 370 g/mol. The fourth-order valence-electron chi connectivity index (χ4n) is 4.42. The van der Waals surface area contributed by atoms with Crippen molar-refractivity contribution in [2.24, 2.45) is 0 Å². The summed E-state index contributed by atoms with van der Waals surface area (Å²) in [6.45, 7) is 5.03. The van der Waals surface area contributed by atoms with E-state index in [2.05, 4.69) is 36.1 Å². The third kappa shape index (κ3) is 5.09. The van der Waals surface area contributed by atoms with E-state index in [9.17, 15) is 9.90 Å². The normalized spacial score (nSPS) is 20.8. The molecule has 0 amide bonds. The van der Waals surface area contributed by atoms with Crippen molar-refractivity contribution in [1.29, 1.82) is 0 Å². The van der Waals surface area contributed by atoms with Gasteiger partial charge in [0.1, 0.15) is 5.75 Å². The van der Waals surface area contributed by atoms with Crippen molar-refractivity contribution in [1.82, 2.24) is 4.90 Å². The van der Waals surface area contributed by atoms with Crippen LogP contribution in [0.15, 0.2) is 53.6 Å². The van der Waals surface area contributed by atoms with E-state index in [1.807, 2.05) is 24.3 Å². The van der Waals surface area contributed by atoms with Gasteiger partial charge in [0, 0.05) is 23.3 Å². The molecule has 2 fully saturated rings. The quantitative estimate of drug-likeness (QED) is 0.648. The fourth-order valence-corrected chi connectivity index (χ4v) is 4.42. The molecule has 1 heterocycles. The van der Waals surface area contributed by atoms with E-state index in [0.717, 1.165) is 66.7 Å². The number of aryl methyl sites for hydroxylation is 1. The van der Waals surface area contributed by atoms with Gasteiger partial charge >= 0.3 is 0 Å². The molecule has 1 aliphatic heterocycles. The number of rotatable bonds is 4. The molecule has 2 aromatic carbocycles. The van der Waals surface area contributed by atoms with Gasteiger partial charge in [-0.25, -0.2) is 0 Å². The van der Waals surface area contributed by atoms with Crippen LogP contribution in [0.25, 0.3) is 12.2 Å². The third-order valence-corrected chi connectivity index (χ3v) is 6.18. The summed E-state index contributed by atoms with van der Waals surface area (Å²) in [7, 11) is 0. The molecule has 0 radical (unpaired) electrons. The number of phenols is 1. The number of allylic oxidation sites excluding steroid dienone is 2. The van der Waals surface area contributed by atoms with Gasteiger partial charge in [0.2, 0.25) is 0 Å². The number of phenolic OH excluding ortho intramolecular Hbond substituents is 1. The first-order valence-corrected chi connectivity index (χ1v) is 11.2. The Morgan fingerprint density at radius 1 is 0.867 bits per heavy atom. The van der Waals surface area contributed by atoms with E-state index in [4.69, 9.17) is 0 Å². The SMILES string of the molecule is Cc1ccc(/C=C2/CCC/C(=C\c3ccc(O)c(CN4CCCCC4)c3)C2=O)cc1. The minimum Gasteiger partial charge on any atom is -0.508 e. The number of Topliss-reactive ketones (excluding diaryl/α,β-unsaturated/α-hetero) is 1. The van der Waals surface area contributed by atoms with E-state index in [1.165, 1.54) is 24.8 Å². The predicted molar refractivity (Wildman–Crippen MR) is 123 cm³/mol. The molecule has 0 bridgehead atoms. The molecule has 3 heteroatoms. The monoisotopic (exact) mass is 401 g/mol. The molecule has 1 saturated carbocycles. The van der Waals surface area contributed by atoms with Crippen molar-refractivity contribution in [2.45, 2.75) is 52.0 Å². The van der Waals surface area contributed by atoms with Crippen LogP contribution in [0.2, 0.25) is 0 Å². The number of benzene rings is 2. The van der Waals surface area contributed by atoms with Crippen LogP contribution in [-0.4, -0.2) is 28.9 Å². The Balaban J connectivity index is 1.54. The van der Waals surface area contributed by atoms with Crippen LogP contribution in [0, 0.1) is 6.92 Å². The Morgan fingerprint density at radius 3 is 2.20 bits per heavy atom. The average Bonchev–Trinajstić information content (AvgIpc) is 2.76. The van der Waals surface area contributed by atoms with Gasteiger partial charge in [0.05, 0.1) is 0 Å². The molecule has 30 heavy (non-hydrogen) atoms. The Kier molecular flexibility index (Phi) is 6.49. The molecule has 3 nitrogen and oxygen atoms in total. The van der Waals surface area contributed by atoms with Gasteiger partial charge < -0.3 is 5.11 Å².